The third-order valence-electron chi connectivity index (χ3n) is 3.18. The van der Waals surface area contributed by atoms with Crippen LogP contribution in [0.3, 0.4) is 0 Å². The molecule has 1 fully saturated rings. The Morgan fingerprint density at radius 2 is 2.17 bits per heavy atom. The van der Waals surface area contributed by atoms with Gasteiger partial charge in [0.15, 0.2) is 5.82 Å². The molecule has 18 heavy (non-hydrogen) atoms. The van der Waals surface area contributed by atoms with Gasteiger partial charge in [0, 0.05) is 6.54 Å². The number of aromatic nitrogens is 2. The van der Waals surface area contributed by atoms with E-state index in [-0.39, 0.29) is 0 Å². The summed E-state index contributed by atoms with van der Waals surface area (Å²) >= 11 is 0. The molecule has 0 amide bonds. The molecule has 3 N–H and O–H groups in total. The molecule has 1 aromatic heterocycles. The number of hydrogen-bond donors (Lipinski definition) is 2. The second-order valence-electron chi connectivity index (χ2n) is 4.47. The molecular formula is C12H21N5O. The van der Waals surface area contributed by atoms with Crippen LogP contribution in [0.4, 0.5) is 11.5 Å². The Morgan fingerprint density at radius 1 is 1.39 bits per heavy atom. The Labute approximate surface area is 108 Å². The van der Waals surface area contributed by atoms with E-state index in [4.69, 9.17) is 10.5 Å². The SMILES string of the molecule is COc1ncnc(NCCCN2CCCC2)c1N. The first-order valence-corrected chi connectivity index (χ1v) is 6.42. The number of nitrogens with zero attached hydrogens (tertiary/aromatic N) is 3. The summed E-state index contributed by atoms with van der Waals surface area (Å²) < 4.78 is 5.05. The average molecular weight is 251 g/mol. The zero-order valence-electron chi connectivity index (χ0n) is 10.9. The van der Waals surface area contributed by atoms with Crippen LogP contribution >= 0.6 is 0 Å². The molecule has 0 saturated carbocycles. The van der Waals surface area contributed by atoms with E-state index in [2.05, 4.69) is 20.2 Å². The summed E-state index contributed by atoms with van der Waals surface area (Å²) in [5.74, 6) is 1.08. The highest BCUT2D eigenvalue weighted by atomic mass is 16.5. The van der Waals surface area contributed by atoms with E-state index < -0.39 is 0 Å². The van der Waals surface area contributed by atoms with Crippen LogP contribution in [0.15, 0.2) is 6.33 Å². The number of ether oxygens (including phenoxy) is 1. The van der Waals surface area contributed by atoms with Gasteiger partial charge in [-0.3, -0.25) is 0 Å². The van der Waals surface area contributed by atoms with Crippen molar-refractivity contribution in [2.24, 2.45) is 0 Å². The molecule has 2 rings (SSSR count). The van der Waals surface area contributed by atoms with Crippen molar-refractivity contribution in [2.75, 3.05) is 44.3 Å². The average Bonchev–Trinajstić information content (AvgIpc) is 2.89. The second kappa shape index (κ2) is 6.39. The standard InChI is InChI=1S/C12H21N5O/c1-18-12-10(13)11(15-9-16-12)14-5-4-8-17-6-2-3-7-17/h9H,2-8,13H2,1H3,(H,14,15,16). The quantitative estimate of drug-likeness (QED) is 0.734. The molecule has 1 aromatic rings. The van der Waals surface area contributed by atoms with Crippen molar-refractivity contribution in [1.29, 1.82) is 0 Å². The van der Waals surface area contributed by atoms with E-state index in [9.17, 15) is 0 Å². The smallest absolute Gasteiger partial charge is 0.242 e. The zero-order chi connectivity index (χ0) is 12.8. The Hall–Kier alpha value is -1.56. The van der Waals surface area contributed by atoms with Gasteiger partial charge >= 0.3 is 0 Å². The number of methoxy groups -OCH3 is 1. The lowest BCUT2D eigenvalue weighted by Crippen LogP contribution is -2.22. The van der Waals surface area contributed by atoms with Crippen molar-refractivity contribution in [2.45, 2.75) is 19.3 Å². The Morgan fingerprint density at radius 3 is 2.89 bits per heavy atom. The summed E-state index contributed by atoms with van der Waals surface area (Å²) in [5, 5.41) is 3.23. The zero-order valence-corrected chi connectivity index (χ0v) is 10.9. The van der Waals surface area contributed by atoms with Gasteiger partial charge in [-0.15, -0.1) is 0 Å². The Kier molecular flexibility index (Phi) is 4.58. The lowest BCUT2D eigenvalue weighted by atomic mass is 10.3. The summed E-state index contributed by atoms with van der Waals surface area (Å²) in [5.41, 5.74) is 6.35. The van der Waals surface area contributed by atoms with Gasteiger partial charge in [-0.2, -0.15) is 4.98 Å². The second-order valence-corrected chi connectivity index (χ2v) is 4.47. The van der Waals surface area contributed by atoms with Crippen molar-refractivity contribution >= 4 is 11.5 Å². The predicted molar refractivity (Wildman–Crippen MR) is 71.8 cm³/mol. The molecule has 1 aliphatic heterocycles. The highest BCUT2D eigenvalue weighted by Crippen LogP contribution is 2.23. The molecule has 6 nitrogen and oxygen atoms in total. The van der Waals surface area contributed by atoms with E-state index in [1.165, 1.54) is 32.3 Å². The van der Waals surface area contributed by atoms with E-state index in [1.807, 2.05) is 0 Å². The number of hydrogen-bond acceptors (Lipinski definition) is 6. The Balaban J connectivity index is 1.75. The van der Waals surface area contributed by atoms with Crippen LogP contribution in [0.25, 0.3) is 0 Å². The summed E-state index contributed by atoms with van der Waals surface area (Å²) in [4.78, 5) is 10.5. The minimum absolute atomic E-state index is 0.423. The first-order chi connectivity index (χ1) is 8.81. The van der Waals surface area contributed by atoms with Crippen molar-refractivity contribution in [3.63, 3.8) is 0 Å². The van der Waals surface area contributed by atoms with Crippen LogP contribution in [0.5, 0.6) is 5.88 Å². The number of anilines is 2. The van der Waals surface area contributed by atoms with Crippen LogP contribution in [-0.2, 0) is 0 Å². The summed E-state index contributed by atoms with van der Waals surface area (Å²) in [6, 6.07) is 0. The Bertz CT molecular complexity index is 379. The molecule has 6 heteroatoms. The first kappa shape index (κ1) is 12.9. The van der Waals surface area contributed by atoms with Gasteiger partial charge in [0.25, 0.3) is 0 Å². The van der Waals surface area contributed by atoms with E-state index in [0.29, 0.717) is 17.4 Å². The summed E-state index contributed by atoms with van der Waals surface area (Å²) in [6.45, 7) is 4.48. The van der Waals surface area contributed by atoms with Crippen molar-refractivity contribution in [3.05, 3.63) is 6.33 Å². The molecule has 2 heterocycles. The number of nitrogens with one attached hydrogen (secondary N) is 1. The van der Waals surface area contributed by atoms with Gasteiger partial charge in [0.2, 0.25) is 5.88 Å². The van der Waals surface area contributed by atoms with Gasteiger partial charge < -0.3 is 20.7 Å². The first-order valence-electron chi connectivity index (χ1n) is 6.42. The molecule has 0 unspecified atom stereocenters. The van der Waals surface area contributed by atoms with E-state index in [1.54, 1.807) is 7.11 Å². The highest BCUT2D eigenvalue weighted by molar-refractivity contribution is 5.66. The van der Waals surface area contributed by atoms with Crippen molar-refractivity contribution in [3.8, 4) is 5.88 Å². The fraction of sp³-hybridized carbons (Fsp3) is 0.667. The van der Waals surface area contributed by atoms with Crippen LogP contribution in [-0.4, -0.2) is 48.2 Å². The monoisotopic (exact) mass is 251 g/mol. The van der Waals surface area contributed by atoms with Crippen molar-refractivity contribution in [1.82, 2.24) is 14.9 Å². The van der Waals surface area contributed by atoms with Crippen LogP contribution in [0, 0.1) is 0 Å². The number of nitrogen functional groups attached to an aromatic ring is 1. The minimum atomic E-state index is 0.423. The van der Waals surface area contributed by atoms with Crippen molar-refractivity contribution < 1.29 is 4.74 Å². The van der Waals surface area contributed by atoms with Gasteiger partial charge in [0.1, 0.15) is 12.0 Å². The number of nitrogens with two attached hydrogens (primary N) is 1. The molecule has 0 bridgehead atoms. The minimum Gasteiger partial charge on any atom is -0.479 e. The highest BCUT2D eigenvalue weighted by Gasteiger charge is 2.11. The lowest BCUT2D eigenvalue weighted by Gasteiger charge is -2.15. The van der Waals surface area contributed by atoms with Crippen LogP contribution in [0.2, 0.25) is 0 Å². The molecule has 0 spiro atoms. The molecule has 1 aliphatic rings. The largest absolute Gasteiger partial charge is 0.479 e. The summed E-state index contributed by atoms with van der Waals surface area (Å²) in [6.07, 6.45) is 5.22. The fourth-order valence-corrected chi connectivity index (χ4v) is 2.20. The van der Waals surface area contributed by atoms with E-state index >= 15 is 0 Å². The topological polar surface area (TPSA) is 76.3 Å². The van der Waals surface area contributed by atoms with Gasteiger partial charge in [0.05, 0.1) is 7.11 Å². The fourth-order valence-electron chi connectivity index (χ4n) is 2.20. The molecule has 0 radical (unpaired) electrons. The maximum absolute atomic E-state index is 5.88. The van der Waals surface area contributed by atoms with E-state index in [0.717, 1.165) is 19.5 Å². The lowest BCUT2D eigenvalue weighted by molar-refractivity contribution is 0.337. The van der Waals surface area contributed by atoms with Crippen LogP contribution in [0.1, 0.15) is 19.3 Å². The van der Waals surface area contributed by atoms with Gasteiger partial charge in [-0.25, -0.2) is 4.98 Å². The molecule has 0 aliphatic carbocycles. The number of rotatable bonds is 6. The maximum atomic E-state index is 5.88. The third kappa shape index (κ3) is 3.22. The van der Waals surface area contributed by atoms with Gasteiger partial charge in [-0.05, 0) is 38.9 Å². The number of likely N-dealkylation sites (tertiary alicyclic amines) is 1. The van der Waals surface area contributed by atoms with Crippen LogP contribution < -0.4 is 15.8 Å². The molecule has 0 aromatic carbocycles. The van der Waals surface area contributed by atoms with Gasteiger partial charge in [-0.1, -0.05) is 0 Å². The third-order valence-corrected chi connectivity index (χ3v) is 3.18. The predicted octanol–water partition coefficient (Wildman–Crippen LogP) is 0.965. The molecule has 1 saturated heterocycles. The molecule has 100 valence electrons. The normalized spacial score (nSPS) is 15.8. The molecular weight excluding hydrogens is 230 g/mol. The maximum Gasteiger partial charge on any atom is 0.242 e. The molecule has 0 atom stereocenters. The summed E-state index contributed by atoms with van der Waals surface area (Å²) in [7, 11) is 1.55.